The van der Waals surface area contributed by atoms with Gasteiger partial charge in [0.25, 0.3) is 0 Å². The quantitative estimate of drug-likeness (QED) is 0.268. The zero-order chi connectivity index (χ0) is 24.3. The van der Waals surface area contributed by atoms with Crippen molar-refractivity contribution >= 4 is 23.6 Å². The molecule has 6 N–H and O–H groups in total. The zero-order valence-corrected chi connectivity index (χ0v) is 20.0. The van der Waals surface area contributed by atoms with E-state index in [1.165, 1.54) is 0 Å². The highest BCUT2D eigenvalue weighted by molar-refractivity contribution is 5.88. The first-order chi connectivity index (χ1) is 14.3. The molecule has 0 radical (unpaired) electrons. The first-order valence-corrected chi connectivity index (χ1v) is 11.1. The Hall–Kier alpha value is -2.16. The number of primary amides is 1. The van der Waals surface area contributed by atoms with Crippen LogP contribution in [0.3, 0.4) is 0 Å². The number of rotatable bonds is 14. The maximum Gasteiger partial charge on any atom is 0.242 e. The summed E-state index contributed by atoms with van der Waals surface area (Å²) in [6.45, 7) is 13.2. The molecule has 5 atom stereocenters. The third kappa shape index (κ3) is 11.1. The SMILES string of the molecule is CCNC(=O)[C@@H](NC(=O)[C@H](C)C[C@H](O)[C@H](CC(C)C)NC(=O)[C@@H](C)CC(N)=O)C(C)C. The van der Waals surface area contributed by atoms with Gasteiger partial charge in [-0.2, -0.15) is 0 Å². The number of hydrogen-bond donors (Lipinski definition) is 5. The number of likely N-dealkylation sites (N-methyl/N-ethyl adjacent to an activating group) is 1. The molecule has 0 heterocycles. The van der Waals surface area contributed by atoms with Crippen molar-refractivity contribution in [1.82, 2.24) is 16.0 Å². The third-order valence-corrected chi connectivity index (χ3v) is 5.11. The van der Waals surface area contributed by atoms with Crippen molar-refractivity contribution in [3.63, 3.8) is 0 Å². The highest BCUT2D eigenvalue weighted by Crippen LogP contribution is 2.17. The van der Waals surface area contributed by atoms with Crippen LogP contribution in [0.5, 0.6) is 0 Å². The van der Waals surface area contributed by atoms with E-state index in [2.05, 4.69) is 16.0 Å². The summed E-state index contributed by atoms with van der Waals surface area (Å²) in [6, 6.07) is -1.23. The number of hydrogen-bond acceptors (Lipinski definition) is 5. The first-order valence-electron chi connectivity index (χ1n) is 11.1. The Bertz CT molecular complexity index is 609. The molecule has 4 amide bonds. The smallest absolute Gasteiger partial charge is 0.242 e. The van der Waals surface area contributed by atoms with Gasteiger partial charge in [0.2, 0.25) is 23.6 Å². The van der Waals surface area contributed by atoms with E-state index in [4.69, 9.17) is 5.73 Å². The van der Waals surface area contributed by atoms with Gasteiger partial charge in [0.05, 0.1) is 12.1 Å². The minimum Gasteiger partial charge on any atom is -0.391 e. The van der Waals surface area contributed by atoms with Gasteiger partial charge in [-0.15, -0.1) is 0 Å². The Balaban J connectivity index is 5.11. The van der Waals surface area contributed by atoms with Crippen molar-refractivity contribution in [2.24, 2.45) is 29.4 Å². The molecule has 9 nitrogen and oxygen atoms in total. The van der Waals surface area contributed by atoms with E-state index in [9.17, 15) is 24.3 Å². The molecule has 0 fully saturated rings. The van der Waals surface area contributed by atoms with Crippen LogP contribution < -0.4 is 21.7 Å². The van der Waals surface area contributed by atoms with E-state index in [1.807, 2.05) is 34.6 Å². The van der Waals surface area contributed by atoms with Crippen LogP contribution in [-0.2, 0) is 19.2 Å². The maximum absolute atomic E-state index is 12.7. The lowest BCUT2D eigenvalue weighted by Gasteiger charge is -2.29. The highest BCUT2D eigenvalue weighted by Gasteiger charge is 2.30. The Morgan fingerprint density at radius 1 is 0.839 bits per heavy atom. The zero-order valence-electron chi connectivity index (χ0n) is 20.0. The van der Waals surface area contributed by atoms with Crippen molar-refractivity contribution in [2.75, 3.05) is 6.54 Å². The fraction of sp³-hybridized carbons (Fsp3) is 0.818. The highest BCUT2D eigenvalue weighted by atomic mass is 16.3. The van der Waals surface area contributed by atoms with E-state index >= 15 is 0 Å². The molecule has 180 valence electrons. The molecule has 0 rings (SSSR count). The largest absolute Gasteiger partial charge is 0.391 e. The molecule has 0 unspecified atom stereocenters. The molecule has 0 aliphatic carbocycles. The molecule has 0 bridgehead atoms. The van der Waals surface area contributed by atoms with Crippen molar-refractivity contribution in [3.8, 4) is 0 Å². The van der Waals surface area contributed by atoms with Gasteiger partial charge in [-0.25, -0.2) is 0 Å². The lowest BCUT2D eigenvalue weighted by atomic mass is 9.91. The number of carbonyl (C=O) groups excluding carboxylic acids is 4. The summed E-state index contributed by atoms with van der Waals surface area (Å²) >= 11 is 0. The van der Waals surface area contributed by atoms with Crippen molar-refractivity contribution < 1.29 is 24.3 Å². The fourth-order valence-corrected chi connectivity index (χ4v) is 3.29. The standard InChI is InChI=1S/C22H42N4O5/c1-8-24-22(31)19(13(4)5)26-21(30)14(6)10-17(27)16(9-12(2)3)25-20(29)15(7)11-18(23)28/h12-17,19,27H,8-11H2,1-7H3,(H2,23,28)(H,24,31)(H,25,29)(H,26,30)/t14-,15+,16+,17+,19+/m1/s1. The van der Waals surface area contributed by atoms with Crippen LogP contribution in [0, 0.1) is 23.7 Å². The van der Waals surface area contributed by atoms with E-state index < -0.39 is 35.9 Å². The summed E-state index contributed by atoms with van der Waals surface area (Å²) < 4.78 is 0. The van der Waals surface area contributed by atoms with Crippen molar-refractivity contribution in [2.45, 2.75) is 85.9 Å². The van der Waals surface area contributed by atoms with Crippen molar-refractivity contribution in [3.05, 3.63) is 0 Å². The lowest BCUT2D eigenvalue weighted by molar-refractivity contribution is -0.132. The van der Waals surface area contributed by atoms with Gasteiger partial charge in [-0.3, -0.25) is 19.2 Å². The molecule has 0 aliphatic heterocycles. The van der Waals surface area contributed by atoms with Crippen LogP contribution in [0.25, 0.3) is 0 Å². The second-order valence-electron chi connectivity index (χ2n) is 9.15. The van der Waals surface area contributed by atoms with E-state index in [-0.39, 0.29) is 42.4 Å². The van der Waals surface area contributed by atoms with Crippen LogP contribution in [-0.4, -0.2) is 53.5 Å². The Labute approximate surface area is 186 Å². The van der Waals surface area contributed by atoms with Gasteiger partial charge in [0, 0.05) is 24.8 Å². The molecule has 0 spiro atoms. The predicted octanol–water partition coefficient (Wildman–Crippen LogP) is 0.693. The molecule has 0 aliphatic rings. The summed E-state index contributed by atoms with van der Waals surface area (Å²) in [5, 5.41) is 19.0. The average molecular weight is 443 g/mol. The van der Waals surface area contributed by atoms with Gasteiger partial charge in [0.1, 0.15) is 6.04 Å². The number of carbonyl (C=O) groups is 4. The molecule has 0 aromatic carbocycles. The van der Waals surface area contributed by atoms with Gasteiger partial charge in [0.15, 0.2) is 0 Å². The normalized spacial score (nSPS) is 16.2. The van der Waals surface area contributed by atoms with Gasteiger partial charge in [-0.1, -0.05) is 41.5 Å². The molecular formula is C22H42N4O5. The Kier molecular flexibility index (Phi) is 13.0. The van der Waals surface area contributed by atoms with E-state index in [0.29, 0.717) is 13.0 Å². The third-order valence-electron chi connectivity index (χ3n) is 5.11. The molecule has 9 heteroatoms. The molecular weight excluding hydrogens is 400 g/mol. The summed E-state index contributed by atoms with van der Waals surface area (Å²) in [5.41, 5.74) is 5.16. The molecule has 31 heavy (non-hydrogen) atoms. The van der Waals surface area contributed by atoms with Gasteiger partial charge in [-0.05, 0) is 31.6 Å². The topological polar surface area (TPSA) is 151 Å². The summed E-state index contributed by atoms with van der Waals surface area (Å²) in [5.74, 6) is -2.58. The molecule has 0 aromatic heterocycles. The van der Waals surface area contributed by atoms with Crippen LogP contribution in [0.4, 0.5) is 0 Å². The summed E-state index contributed by atoms with van der Waals surface area (Å²) in [4.78, 5) is 48.3. The van der Waals surface area contributed by atoms with Crippen LogP contribution in [0.15, 0.2) is 0 Å². The number of aliphatic hydroxyl groups excluding tert-OH is 1. The minimum atomic E-state index is -0.963. The number of aliphatic hydroxyl groups is 1. The Morgan fingerprint density at radius 3 is 1.84 bits per heavy atom. The summed E-state index contributed by atoms with van der Waals surface area (Å²) in [7, 11) is 0. The van der Waals surface area contributed by atoms with Gasteiger partial charge >= 0.3 is 0 Å². The van der Waals surface area contributed by atoms with Gasteiger partial charge < -0.3 is 26.8 Å². The number of amides is 4. The average Bonchev–Trinajstić information content (AvgIpc) is 2.63. The van der Waals surface area contributed by atoms with Crippen LogP contribution >= 0.6 is 0 Å². The first kappa shape index (κ1) is 28.8. The lowest BCUT2D eigenvalue weighted by Crippen LogP contribution is -2.52. The summed E-state index contributed by atoms with van der Waals surface area (Å²) in [6.07, 6.45) is -0.410. The van der Waals surface area contributed by atoms with Crippen LogP contribution in [0.1, 0.15) is 67.7 Å². The second kappa shape index (κ2) is 14.0. The van der Waals surface area contributed by atoms with E-state index in [0.717, 1.165) is 0 Å². The fourth-order valence-electron chi connectivity index (χ4n) is 3.29. The Morgan fingerprint density at radius 2 is 1.39 bits per heavy atom. The number of nitrogens with one attached hydrogen (secondary N) is 3. The molecule has 0 saturated heterocycles. The maximum atomic E-state index is 12.7. The van der Waals surface area contributed by atoms with Crippen molar-refractivity contribution in [1.29, 1.82) is 0 Å². The number of nitrogens with two attached hydrogens (primary N) is 1. The van der Waals surface area contributed by atoms with E-state index in [1.54, 1.807) is 13.8 Å². The molecule has 0 aromatic rings. The van der Waals surface area contributed by atoms with Crippen LogP contribution in [0.2, 0.25) is 0 Å². The monoisotopic (exact) mass is 442 g/mol. The molecule has 0 saturated carbocycles. The second-order valence-corrected chi connectivity index (χ2v) is 9.15. The minimum absolute atomic E-state index is 0.0778. The predicted molar refractivity (Wildman–Crippen MR) is 120 cm³/mol.